The van der Waals surface area contributed by atoms with Crippen LogP contribution in [0.1, 0.15) is 49.1 Å². The van der Waals surface area contributed by atoms with Crippen molar-refractivity contribution in [2.75, 3.05) is 0 Å². The van der Waals surface area contributed by atoms with E-state index in [9.17, 15) is 5.11 Å². The van der Waals surface area contributed by atoms with Gasteiger partial charge in [-0.3, -0.25) is 0 Å². The van der Waals surface area contributed by atoms with E-state index in [1.165, 1.54) is 0 Å². The van der Waals surface area contributed by atoms with Crippen LogP contribution in [-0.2, 0) is 13.0 Å². The third-order valence-corrected chi connectivity index (χ3v) is 4.06. The first-order valence-electron chi connectivity index (χ1n) is 7.07. The van der Waals surface area contributed by atoms with E-state index in [1.54, 1.807) is 11.3 Å². The molecule has 108 valence electrons. The highest BCUT2D eigenvalue weighted by Gasteiger charge is 2.11. The van der Waals surface area contributed by atoms with E-state index in [0.29, 0.717) is 13.0 Å². The van der Waals surface area contributed by atoms with Gasteiger partial charge in [0.15, 0.2) is 0 Å². The first kappa shape index (κ1) is 15.0. The standard InChI is InChI=1S/C16H21NO2S/c1-3-7-16-17-12(11-20-16)10-19-15-9-6-5-8-13(15)14(18)4-2/h5-6,8-9,11,14,18H,3-4,7,10H2,1-2H3/t14-/m0/s1. The van der Waals surface area contributed by atoms with Gasteiger partial charge in [0, 0.05) is 10.9 Å². The summed E-state index contributed by atoms with van der Waals surface area (Å²) in [6.45, 7) is 4.56. The molecule has 0 aliphatic heterocycles. The van der Waals surface area contributed by atoms with E-state index in [-0.39, 0.29) is 0 Å². The minimum absolute atomic E-state index is 0.452. The molecule has 1 aromatic carbocycles. The van der Waals surface area contributed by atoms with Crippen LogP contribution >= 0.6 is 11.3 Å². The van der Waals surface area contributed by atoms with Crippen molar-refractivity contribution in [1.29, 1.82) is 0 Å². The van der Waals surface area contributed by atoms with Gasteiger partial charge < -0.3 is 9.84 Å². The molecule has 0 amide bonds. The number of ether oxygens (including phenoxy) is 1. The molecule has 0 spiro atoms. The molecule has 0 aliphatic carbocycles. The summed E-state index contributed by atoms with van der Waals surface area (Å²) < 4.78 is 5.82. The Bertz CT molecular complexity index is 539. The number of para-hydroxylation sites is 1. The van der Waals surface area contributed by atoms with Crippen molar-refractivity contribution in [2.24, 2.45) is 0 Å². The topological polar surface area (TPSA) is 42.4 Å². The maximum absolute atomic E-state index is 9.99. The predicted molar refractivity (Wildman–Crippen MR) is 82.1 cm³/mol. The fourth-order valence-electron chi connectivity index (χ4n) is 2.00. The molecule has 2 aromatic rings. The number of nitrogens with zero attached hydrogens (tertiary/aromatic N) is 1. The monoisotopic (exact) mass is 291 g/mol. The van der Waals surface area contributed by atoms with Crippen molar-refractivity contribution in [3.8, 4) is 5.75 Å². The van der Waals surface area contributed by atoms with Crippen LogP contribution in [0.4, 0.5) is 0 Å². The number of aryl methyl sites for hydroxylation is 1. The molecule has 0 bridgehead atoms. The highest BCUT2D eigenvalue weighted by molar-refractivity contribution is 7.09. The molecule has 1 aromatic heterocycles. The largest absolute Gasteiger partial charge is 0.487 e. The zero-order chi connectivity index (χ0) is 14.4. The summed E-state index contributed by atoms with van der Waals surface area (Å²) in [5.74, 6) is 0.742. The van der Waals surface area contributed by atoms with E-state index in [2.05, 4.69) is 11.9 Å². The number of hydrogen-bond donors (Lipinski definition) is 1. The highest BCUT2D eigenvalue weighted by Crippen LogP contribution is 2.27. The molecule has 1 atom stereocenters. The normalized spacial score (nSPS) is 12.3. The van der Waals surface area contributed by atoms with Crippen LogP contribution in [0.2, 0.25) is 0 Å². The van der Waals surface area contributed by atoms with Crippen LogP contribution in [-0.4, -0.2) is 10.1 Å². The van der Waals surface area contributed by atoms with Gasteiger partial charge in [0.25, 0.3) is 0 Å². The molecular weight excluding hydrogens is 270 g/mol. The van der Waals surface area contributed by atoms with Gasteiger partial charge >= 0.3 is 0 Å². The van der Waals surface area contributed by atoms with Gasteiger partial charge in [0.2, 0.25) is 0 Å². The number of thiazole rings is 1. The SMILES string of the molecule is CCCc1nc(COc2ccccc2[C@@H](O)CC)cs1. The Morgan fingerprint density at radius 1 is 1.30 bits per heavy atom. The van der Waals surface area contributed by atoms with Crippen LogP contribution < -0.4 is 4.74 Å². The van der Waals surface area contributed by atoms with Crippen LogP contribution in [0.15, 0.2) is 29.6 Å². The van der Waals surface area contributed by atoms with Crippen LogP contribution in [0, 0.1) is 0 Å². The Hall–Kier alpha value is -1.39. The molecule has 0 radical (unpaired) electrons. The van der Waals surface area contributed by atoms with E-state index in [1.807, 2.05) is 36.6 Å². The van der Waals surface area contributed by atoms with Crippen molar-refractivity contribution >= 4 is 11.3 Å². The van der Waals surface area contributed by atoms with E-state index in [0.717, 1.165) is 34.9 Å². The average molecular weight is 291 g/mol. The Morgan fingerprint density at radius 3 is 2.85 bits per heavy atom. The first-order valence-corrected chi connectivity index (χ1v) is 7.95. The molecule has 1 N–H and O–H groups in total. The lowest BCUT2D eigenvalue weighted by atomic mass is 10.1. The van der Waals surface area contributed by atoms with Crippen molar-refractivity contribution < 1.29 is 9.84 Å². The van der Waals surface area contributed by atoms with E-state index >= 15 is 0 Å². The molecular formula is C16H21NO2S. The zero-order valence-corrected chi connectivity index (χ0v) is 12.8. The van der Waals surface area contributed by atoms with Gasteiger partial charge in [-0.25, -0.2) is 4.98 Å². The van der Waals surface area contributed by atoms with E-state index in [4.69, 9.17) is 4.74 Å². The Balaban J connectivity index is 2.02. The third-order valence-electron chi connectivity index (χ3n) is 3.10. The summed E-state index contributed by atoms with van der Waals surface area (Å²) in [7, 11) is 0. The van der Waals surface area contributed by atoms with Crippen LogP contribution in [0.5, 0.6) is 5.75 Å². The van der Waals surface area contributed by atoms with Crippen molar-refractivity contribution in [3.63, 3.8) is 0 Å². The third kappa shape index (κ3) is 3.81. The van der Waals surface area contributed by atoms with Crippen LogP contribution in [0.3, 0.4) is 0 Å². The number of benzene rings is 1. The van der Waals surface area contributed by atoms with E-state index < -0.39 is 6.10 Å². The second kappa shape index (κ2) is 7.41. The van der Waals surface area contributed by atoms with Gasteiger partial charge in [-0.2, -0.15) is 0 Å². The maximum atomic E-state index is 9.99. The summed E-state index contributed by atoms with van der Waals surface area (Å²) in [5.41, 5.74) is 1.80. The fraction of sp³-hybridized carbons (Fsp3) is 0.438. The highest BCUT2D eigenvalue weighted by atomic mass is 32.1. The lowest BCUT2D eigenvalue weighted by Crippen LogP contribution is -2.02. The van der Waals surface area contributed by atoms with Crippen molar-refractivity contribution in [3.05, 3.63) is 45.9 Å². The molecule has 0 saturated carbocycles. The molecule has 2 rings (SSSR count). The van der Waals surface area contributed by atoms with Gasteiger partial charge in [-0.1, -0.05) is 32.0 Å². The lowest BCUT2D eigenvalue weighted by Gasteiger charge is -2.14. The zero-order valence-electron chi connectivity index (χ0n) is 12.0. The summed E-state index contributed by atoms with van der Waals surface area (Å²) in [6.07, 6.45) is 2.34. The Kier molecular flexibility index (Phi) is 5.56. The number of hydrogen-bond acceptors (Lipinski definition) is 4. The summed E-state index contributed by atoms with van der Waals surface area (Å²) in [6, 6.07) is 7.65. The average Bonchev–Trinajstić information content (AvgIpc) is 2.93. The molecule has 1 heterocycles. The molecule has 20 heavy (non-hydrogen) atoms. The minimum Gasteiger partial charge on any atom is -0.487 e. The van der Waals surface area contributed by atoms with Crippen LogP contribution in [0.25, 0.3) is 0 Å². The summed E-state index contributed by atoms with van der Waals surface area (Å²) in [4.78, 5) is 4.54. The molecule has 3 nitrogen and oxygen atoms in total. The summed E-state index contributed by atoms with van der Waals surface area (Å²) >= 11 is 1.68. The quantitative estimate of drug-likeness (QED) is 0.834. The molecule has 0 aliphatic rings. The van der Waals surface area contributed by atoms with Gasteiger partial charge in [0.1, 0.15) is 12.4 Å². The second-order valence-corrected chi connectivity index (χ2v) is 5.68. The van der Waals surface area contributed by atoms with Gasteiger partial charge in [-0.05, 0) is 25.3 Å². The Morgan fingerprint density at radius 2 is 2.10 bits per heavy atom. The molecule has 0 saturated heterocycles. The minimum atomic E-state index is -0.475. The fourth-order valence-corrected chi connectivity index (χ4v) is 2.89. The Labute approximate surface area is 124 Å². The lowest BCUT2D eigenvalue weighted by molar-refractivity contribution is 0.166. The smallest absolute Gasteiger partial charge is 0.131 e. The molecule has 0 fully saturated rings. The number of aromatic nitrogens is 1. The summed E-state index contributed by atoms with van der Waals surface area (Å²) in [5, 5.41) is 13.2. The van der Waals surface area contributed by atoms with Crippen molar-refractivity contribution in [2.45, 2.75) is 45.8 Å². The van der Waals surface area contributed by atoms with Gasteiger partial charge in [-0.15, -0.1) is 11.3 Å². The maximum Gasteiger partial charge on any atom is 0.131 e. The number of rotatable bonds is 7. The van der Waals surface area contributed by atoms with Crippen molar-refractivity contribution in [1.82, 2.24) is 4.98 Å². The predicted octanol–water partition coefficient (Wildman–Crippen LogP) is 4.12. The number of aliphatic hydroxyl groups excluding tert-OH is 1. The first-order chi connectivity index (χ1) is 9.74. The number of aliphatic hydroxyl groups is 1. The van der Waals surface area contributed by atoms with Gasteiger partial charge in [0.05, 0.1) is 16.8 Å². The molecule has 0 unspecified atom stereocenters. The molecule has 4 heteroatoms. The second-order valence-electron chi connectivity index (χ2n) is 4.73.